The number of nitrogens with one attached hydrogen (secondary N) is 1. The quantitative estimate of drug-likeness (QED) is 0.767. The number of hydrogen-bond acceptors (Lipinski definition) is 2. The van der Waals surface area contributed by atoms with E-state index in [9.17, 15) is 4.79 Å². The second-order valence-electron chi connectivity index (χ2n) is 6.19. The third-order valence-corrected chi connectivity index (χ3v) is 4.67. The summed E-state index contributed by atoms with van der Waals surface area (Å²) in [6.45, 7) is 0. The summed E-state index contributed by atoms with van der Waals surface area (Å²) in [5, 5.41) is 5.09. The predicted octanol–water partition coefficient (Wildman–Crippen LogP) is 4.59. The van der Waals surface area contributed by atoms with Gasteiger partial charge in [-0.05, 0) is 65.4 Å². The summed E-state index contributed by atoms with van der Waals surface area (Å²) in [4.78, 5) is 12.7. The summed E-state index contributed by atoms with van der Waals surface area (Å²) < 4.78 is 5.43. The van der Waals surface area contributed by atoms with Crippen LogP contribution >= 0.6 is 0 Å². The van der Waals surface area contributed by atoms with Crippen LogP contribution in [0.1, 0.15) is 27.9 Å². The number of carbonyl (C=O) groups excluding carboxylic acids is 1. The van der Waals surface area contributed by atoms with E-state index in [4.69, 9.17) is 4.74 Å². The highest BCUT2D eigenvalue weighted by Gasteiger charge is 2.16. The zero-order chi connectivity index (χ0) is 16.5. The number of benzene rings is 3. The zero-order valence-electron chi connectivity index (χ0n) is 13.6. The fourth-order valence-corrected chi connectivity index (χ4v) is 3.41. The number of fused-ring (bicyclic) bond motifs is 2. The third kappa shape index (κ3) is 2.62. The molecular weight excluding hydrogens is 298 g/mol. The maximum atomic E-state index is 12.7. The van der Waals surface area contributed by atoms with Crippen LogP contribution in [0.4, 0.5) is 5.69 Å². The van der Waals surface area contributed by atoms with Gasteiger partial charge in [-0.1, -0.05) is 30.3 Å². The van der Waals surface area contributed by atoms with Crippen molar-refractivity contribution < 1.29 is 9.53 Å². The zero-order valence-corrected chi connectivity index (χ0v) is 13.6. The second kappa shape index (κ2) is 6.00. The molecule has 4 rings (SSSR count). The van der Waals surface area contributed by atoms with Crippen LogP contribution in [-0.4, -0.2) is 13.0 Å². The van der Waals surface area contributed by atoms with Gasteiger partial charge in [-0.15, -0.1) is 0 Å². The van der Waals surface area contributed by atoms with Crippen molar-refractivity contribution >= 4 is 22.4 Å². The number of aryl methyl sites for hydroxylation is 2. The monoisotopic (exact) mass is 317 g/mol. The minimum atomic E-state index is -0.143. The molecule has 3 aromatic rings. The molecule has 1 aliphatic carbocycles. The van der Waals surface area contributed by atoms with Crippen LogP contribution in [-0.2, 0) is 12.8 Å². The Bertz CT molecular complexity index is 930. The molecule has 0 aliphatic heterocycles. The van der Waals surface area contributed by atoms with Gasteiger partial charge < -0.3 is 10.1 Å². The molecule has 0 saturated heterocycles. The van der Waals surface area contributed by atoms with E-state index >= 15 is 0 Å². The van der Waals surface area contributed by atoms with Gasteiger partial charge in [0.05, 0.1) is 12.7 Å². The minimum absolute atomic E-state index is 0.143. The van der Waals surface area contributed by atoms with Crippen LogP contribution in [0, 0.1) is 0 Å². The van der Waals surface area contributed by atoms with E-state index in [1.807, 2.05) is 42.5 Å². The molecule has 0 aromatic heterocycles. The molecule has 1 amide bonds. The van der Waals surface area contributed by atoms with E-state index in [-0.39, 0.29) is 5.91 Å². The van der Waals surface area contributed by atoms with Crippen LogP contribution < -0.4 is 10.1 Å². The largest absolute Gasteiger partial charge is 0.496 e. The standard InChI is InChI=1S/C21H19NO2/c1-24-20-13-17-6-3-2-5-16(17)12-19(20)21(23)22-18-10-9-14-7-4-8-15(14)11-18/h2-3,5-6,9-13H,4,7-8H2,1H3,(H,22,23). The van der Waals surface area contributed by atoms with Crippen LogP contribution in [0.15, 0.2) is 54.6 Å². The lowest BCUT2D eigenvalue weighted by Crippen LogP contribution is -2.13. The van der Waals surface area contributed by atoms with Crippen LogP contribution in [0.3, 0.4) is 0 Å². The van der Waals surface area contributed by atoms with Gasteiger partial charge in [0.25, 0.3) is 5.91 Å². The molecule has 1 aliphatic rings. The van der Waals surface area contributed by atoms with Gasteiger partial charge in [0, 0.05) is 5.69 Å². The first-order valence-corrected chi connectivity index (χ1v) is 8.24. The van der Waals surface area contributed by atoms with Crippen molar-refractivity contribution in [2.24, 2.45) is 0 Å². The van der Waals surface area contributed by atoms with Gasteiger partial charge in [-0.25, -0.2) is 0 Å². The number of carbonyl (C=O) groups is 1. The Morgan fingerprint density at radius 1 is 0.958 bits per heavy atom. The Kier molecular flexibility index (Phi) is 3.69. The van der Waals surface area contributed by atoms with Gasteiger partial charge in [-0.2, -0.15) is 0 Å². The van der Waals surface area contributed by atoms with E-state index in [1.54, 1.807) is 7.11 Å². The molecule has 0 heterocycles. The first-order chi connectivity index (χ1) is 11.7. The number of ether oxygens (including phenoxy) is 1. The lowest BCUT2D eigenvalue weighted by Gasteiger charge is -2.12. The lowest BCUT2D eigenvalue weighted by molar-refractivity contribution is 0.102. The summed E-state index contributed by atoms with van der Waals surface area (Å²) in [6.07, 6.45) is 3.44. The van der Waals surface area contributed by atoms with Gasteiger partial charge in [0.1, 0.15) is 5.75 Å². The molecule has 0 spiro atoms. The van der Waals surface area contributed by atoms with E-state index in [0.717, 1.165) is 29.3 Å². The molecule has 0 saturated carbocycles. The van der Waals surface area contributed by atoms with Crippen LogP contribution in [0.25, 0.3) is 10.8 Å². The van der Waals surface area contributed by atoms with Gasteiger partial charge in [0.15, 0.2) is 0 Å². The number of hydrogen-bond donors (Lipinski definition) is 1. The SMILES string of the molecule is COc1cc2ccccc2cc1C(=O)Nc1ccc2c(c1)CCC2. The molecule has 24 heavy (non-hydrogen) atoms. The highest BCUT2D eigenvalue weighted by atomic mass is 16.5. The van der Waals surface area contributed by atoms with E-state index in [1.165, 1.54) is 17.5 Å². The van der Waals surface area contributed by atoms with Crippen molar-refractivity contribution in [2.45, 2.75) is 19.3 Å². The van der Waals surface area contributed by atoms with E-state index in [2.05, 4.69) is 17.4 Å². The van der Waals surface area contributed by atoms with Gasteiger partial charge in [0.2, 0.25) is 0 Å². The fraction of sp³-hybridized carbons (Fsp3) is 0.190. The number of methoxy groups -OCH3 is 1. The third-order valence-electron chi connectivity index (χ3n) is 4.67. The summed E-state index contributed by atoms with van der Waals surface area (Å²) >= 11 is 0. The molecule has 120 valence electrons. The summed E-state index contributed by atoms with van der Waals surface area (Å²) in [6, 6.07) is 18.0. The molecular formula is C21H19NO2. The van der Waals surface area contributed by atoms with Crippen LogP contribution in [0.5, 0.6) is 5.75 Å². The first kappa shape index (κ1) is 14.8. The van der Waals surface area contributed by atoms with Crippen molar-refractivity contribution in [1.82, 2.24) is 0 Å². The van der Waals surface area contributed by atoms with Crippen molar-refractivity contribution in [3.8, 4) is 5.75 Å². The fourth-order valence-electron chi connectivity index (χ4n) is 3.41. The predicted molar refractivity (Wildman–Crippen MR) is 96.9 cm³/mol. The molecule has 3 heteroatoms. The number of amides is 1. The van der Waals surface area contributed by atoms with Crippen molar-refractivity contribution in [3.63, 3.8) is 0 Å². The average Bonchev–Trinajstić information content (AvgIpc) is 3.08. The molecule has 3 aromatic carbocycles. The maximum Gasteiger partial charge on any atom is 0.259 e. The van der Waals surface area contributed by atoms with Crippen LogP contribution in [0.2, 0.25) is 0 Å². The number of rotatable bonds is 3. The summed E-state index contributed by atoms with van der Waals surface area (Å²) in [7, 11) is 1.59. The average molecular weight is 317 g/mol. The topological polar surface area (TPSA) is 38.3 Å². The Morgan fingerprint density at radius 2 is 1.71 bits per heavy atom. The minimum Gasteiger partial charge on any atom is -0.496 e. The molecule has 0 fully saturated rings. The van der Waals surface area contributed by atoms with Gasteiger partial charge in [-0.3, -0.25) is 4.79 Å². The van der Waals surface area contributed by atoms with Crippen molar-refractivity contribution in [2.75, 3.05) is 12.4 Å². The van der Waals surface area contributed by atoms with E-state index < -0.39 is 0 Å². The molecule has 0 unspecified atom stereocenters. The highest BCUT2D eigenvalue weighted by Crippen LogP contribution is 2.28. The smallest absolute Gasteiger partial charge is 0.259 e. The lowest BCUT2D eigenvalue weighted by atomic mass is 10.0. The molecule has 3 nitrogen and oxygen atoms in total. The van der Waals surface area contributed by atoms with Crippen molar-refractivity contribution in [3.05, 3.63) is 71.3 Å². The Hall–Kier alpha value is -2.81. The van der Waals surface area contributed by atoms with Crippen molar-refractivity contribution in [1.29, 1.82) is 0 Å². The Labute approximate surface area is 141 Å². The Morgan fingerprint density at radius 3 is 2.50 bits per heavy atom. The summed E-state index contributed by atoms with van der Waals surface area (Å²) in [5.74, 6) is 0.447. The summed E-state index contributed by atoms with van der Waals surface area (Å²) in [5.41, 5.74) is 4.14. The maximum absolute atomic E-state index is 12.7. The normalized spacial score (nSPS) is 12.9. The second-order valence-corrected chi connectivity index (χ2v) is 6.19. The van der Waals surface area contributed by atoms with E-state index in [0.29, 0.717) is 11.3 Å². The molecule has 0 atom stereocenters. The Balaban J connectivity index is 1.67. The molecule has 1 N–H and O–H groups in total. The first-order valence-electron chi connectivity index (χ1n) is 8.24. The molecule has 0 bridgehead atoms. The molecule has 0 radical (unpaired) electrons. The van der Waals surface area contributed by atoms with Gasteiger partial charge >= 0.3 is 0 Å². The highest BCUT2D eigenvalue weighted by molar-refractivity contribution is 6.08. The number of anilines is 1.